The summed E-state index contributed by atoms with van der Waals surface area (Å²) in [5.74, 6) is -0.0392. The monoisotopic (exact) mass is 332 g/mol. The second kappa shape index (κ2) is 7.10. The molecule has 0 aliphatic heterocycles. The van der Waals surface area contributed by atoms with E-state index in [-0.39, 0.29) is 5.91 Å². The van der Waals surface area contributed by atoms with Gasteiger partial charge in [0.15, 0.2) is 0 Å². The average molecular weight is 333 g/mol. The number of benzene rings is 2. The van der Waals surface area contributed by atoms with Crippen LogP contribution in [-0.2, 0) is 6.42 Å². The third kappa shape index (κ3) is 4.10. The van der Waals surface area contributed by atoms with Crippen molar-refractivity contribution in [3.05, 3.63) is 64.1 Å². The van der Waals surface area contributed by atoms with Crippen molar-refractivity contribution in [3.63, 3.8) is 0 Å². The number of carbonyl (C=O) groups is 1. The summed E-state index contributed by atoms with van der Waals surface area (Å²) in [6.07, 6.45) is 0.819. The van der Waals surface area contributed by atoms with E-state index in [1.165, 1.54) is 5.56 Å². The normalized spacial score (nSPS) is 10.1. The fourth-order valence-electron chi connectivity index (χ4n) is 1.90. The molecule has 3 nitrogen and oxygen atoms in total. The highest BCUT2D eigenvalue weighted by Crippen LogP contribution is 2.12. The first-order valence-corrected chi connectivity index (χ1v) is 7.29. The van der Waals surface area contributed by atoms with Gasteiger partial charge in [-0.3, -0.25) is 4.79 Å². The Balaban J connectivity index is 1.85. The molecule has 4 heteroatoms. The number of halogens is 1. The minimum atomic E-state index is -0.0392. The fourth-order valence-corrected chi connectivity index (χ4v) is 2.35. The van der Waals surface area contributed by atoms with Crippen LogP contribution < -0.4 is 10.6 Å². The molecule has 2 rings (SSSR count). The molecule has 0 saturated heterocycles. The van der Waals surface area contributed by atoms with Crippen molar-refractivity contribution in [1.29, 1.82) is 0 Å². The molecule has 0 spiro atoms. The molecule has 0 radical (unpaired) electrons. The number of nitrogens with one attached hydrogen (secondary N) is 2. The molecule has 0 unspecified atom stereocenters. The van der Waals surface area contributed by atoms with Gasteiger partial charge in [0.2, 0.25) is 0 Å². The molecule has 104 valence electrons. The smallest absolute Gasteiger partial charge is 0.251 e. The van der Waals surface area contributed by atoms with Gasteiger partial charge in [0.25, 0.3) is 5.91 Å². The third-order valence-electron chi connectivity index (χ3n) is 3.02. The third-order valence-corrected chi connectivity index (χ3v) is 3.52. The summed E-state index contributed by atoms with van der Waals surface area (Å²) in [5, 5.41) is 5.96. The molecule has 0 aliphatic rings. The Hall–Kier alpha value is -1.81. The molecule has 2 aromatic rings. The predicted octanol–water partition coefficient (Wildman–Crippen LogP) is 3.46. The zero-order valence-electron chi connectivity index (χ0n) is 11.3. The average Bonchev–Trinajstić information content (AvgIpc) is 2.47. The van der Waals surface area contributed by atoms with E-state index < -0.39 is 0 Å². The van der Waals surface area contributed by atoms with Crippen molar-refractivity contribution in [2.45, 2.75) is 6.42 Å². The van der Waals surface area contributed by atoms with Gasteiger partial charge in [-0.2, -0.15) is 0 Å². The highest BCUT2D eigenvalue weighted by atomic mass is 79.9. The molecule has 1 amide bonds. The summed E-state index contributed by atoms with van der Waals surface area (Å²) in [7, 11) is 1.85. The number of hydrogen-bond acceptors (Lipinski definition) is 2. The summed E-state index contributed by atoms with van der Waals surface area (Å²) >= 11 is 3.44. The zero-order valence-corrected chi connectivity index (χ0v) is 12.9. The van der Waals surface area contributed by atoms with Crippen molar-refractivity contribution in [2.24, 2.45) is 0 Å². The van der Waals surface area contributed by atoms with E-state index in [2.05, 4.69) is 38.7 Å². The van der Waals surface area contributed by atoms with E-state index in [1.54, 1.807) is 0 Å². The highest BCUT2D eigenvalue weighted by molar-refractivity contribution is 9.10. The van der Waals surface area contributed by atoms with E-state index in [9.17, 15) is 4.79 Å². The zero-order chi connectivity index (χ0) is 14.4. The molecule has 20 heavy (non-hydrogen) atoms. The lowest BCUT2D eigenvalue weighted by Gasteiger charge is -2.06. The summed E-state index contributed by atoms with van der Waals surface area (Å²) < 4.78 is 1.06. The summed E-state index contributed by atoms with van der Waals surface area (Å²) in [6, 6.07) is 15.5. The Labute approximate surface area is 127 Å². The Bertz CT molecular complexity index is 581. The lowest BCUT2D eigenvalue weighted by Crippen LogP contribution is -2.25. The van der Waals surface area contributed by atoms with Gasteiger partial charge < -0.3 is 10.6 Å². The van der Waals surface area contributed by atoms with E-state index in [1.807, 2.05) is 43.4 Å². The lowest BCUT2D eigenvalue weighted by molar-refractivity contribution is 0.0954. The molecule has 0 heterocycles. The number of hydrogen-bond donors (Lipinski definition) is 2. The molecule has 0 fully saturated rings. The van der Waals surface area contributed by atoms with Crippen LogP contribution in [0.3, 0.4) is 0 Å². The molecule has 0 bridgehead atoms. The first-order chi connectivity index (χ1) is 9.69. The van der Waals surface area contributed by atoms with Gasteiger partial charge >= 0.3 is 0 Å². The van der Waals surface area contributed by atoms with E-state index in [0.717, 1.165) is 16.6 Å². The topological polar surface area (TPSA) is 41.1 Å². The van der Waals surface area contributed by atoms with Crippen LogP contribution in [0.25, 0.3) is 0 Å². The molecule has 0 aliphatic carbocycles. The van der Waals surface area contributed by atoms with Crippen molar-refractivity contribution < 1.29 is 4.79 Å². The van der Waals surface area contributed by atoms with Crippen molar-refractivity contribution in [3.8, 4) is 0 Å². The first-order valence-electron chi connectivity index (χ1n) is 6.49. The van der Waals surface area contributed by atoms with Gasteiger partial charge in [0.05, 0.1) is 0 Å². The Morgan fingerprint density at radius 2 is 1.90 bits per heavy atom. The van der Waals surface area contributed by atoms with Crippen LogP contribution in [0.2, 0.25) is 0 Å². The number of anilines is 1. The SMILES string of the molecule is CNc1ccc(C(=O)NCCc2cccc(Br)c2)cc1. The molecule has 2 N–H and O–H groups in total. The molecule has 2 aromatic carbocycles. The van der Waals surface area contributed by atoms with Gasteiger partial charge in [0, 0.05) is 29.3 Å². The van der Waals surface area contributed by atoms with E-state index >= 15 is 0 Å². The Morgan fingerprint density at radius 1 is 1.15 bits per heavy atom. The van der Waals surface area contributed by atoms with Crippen LogP contribution in [0.5, 0.6) is 0 Å². The fraction of sp³-hybridized carbons (Fsp3) is 0.188. The highest BCUT2D eigenvalue weighted by Gasteiger charge is 2.04. The minimum Gasteiger partial charge on any atom is -0.388 e. The van der Waals surface area contributed by atoms with Gasteiger partial charge in [-0.15, -0.1) is 0 Å². The van der Waals surface area contributed by atoms with Crippen molar-refractivity contribution in [2.75, 3.05) is 18.9 Å². The summed E-state index contributed by atoms with van der Waals surface area (Å²) in [4.78, 5) is 12.0. The lowest BCUT2D eigenvalue weighted by atomic mass is 10.1. The first kappa shape index (κ1) is 14.6. The largest absolute Gasteiger partial charge is 0.388 e. The maximum absolute atomic E-state index is 12.0. The van der Waals surface area contributed by atoms with Crippen LogP contribution in [0.4, 0.5) is 5.69 Å². The Kier molecular flexibility index (Phi) is 5.18. The summed E-state index contributed by atoms with van der Waals surface area (Å²) in [6.45, 7) is 0.628. The number of rotatable bonds is 5. The number of carbonyl (C=O) groups excluding carboxylic acids is 1. The summed E-state index contributed by atoms with van der Waals surface area (Å²) in [5.41, 5.74) is 2.87. The van der Waals surface area contributed by atoms with Crippen LogP contribution >= 0.6 is 15.9 Å². The van der Waals surface area contributed by atoms with E-state index in [0.29, 0.717) is 12.1 Å². The molecule has 0 aromatic heterocycles. The minimum absolute atomic E-state index is 0.0392. The van der Waals surface area contributed by atoms with Crippen LogP contribution in [0, 0.1) is 0 Å². The molecule has 0 atom stereocenters. The Morgan fingerprint density at radius 3 is 2.55 bits per heavy atom. The van der Waals surface area contributed by atoms with Crippen molar-refractivity contribution >= 4 is 27.5 Å². The van der Waals surface area contributed by atoms with Gasteiger partial charge in [-0.1, -0.05) is 28.1 Å². The van der Waals surface area contributed by atoms with Crippen LogP contribution in [-0.4, -0.2) is 19.5 Å². The predicted molar refractivity (Wildman–Crippen MR) is 86.2 cm³/mol. The standard InChI is InChI=1S/C16H17BrN2O/c1-18-15-7-5-13(6-8-15)16(20)19-10-9-12-3-2-4-14(17)11-12/h2-8,11,18H,9-10H2,1H3,(H,19,20). The maximum Gasteiger partial charge on any atom is 0.251 e. The van der Waals surface area contributed by atoms with Crippen LogP contribution in [0.15, 0.2) is 53.0 Å². The number of amides is 1. The molecular weight excluding hydrogens is 316 g/mol. The maximum atomic E-state index is 12.0. The second-order valence-corrected chi connectivity index (χ2v) is 5.38. The molecular formula is C16H17BrN2O. The van der Waals surface area contributed by atoms with E-state index in [4.69, 9.17) is 0 Å². The van der Waals surface area contributed by atoms with Gasteiger partial charge in [-0.25, -0.2) is 0 Å². The van der Waals surface area contributed by atoms with Gasteiger partial charge in [-0.05, 0) is 48.4 Å². The second-order valence-electron chi connectivity index (χ2n) is 4.46. The quantitative estimate of drug-likeness (QED) is 0.880. The van der Waals surface area contributed by atoms with Crippen LogP contribution in [0.1, 0.15) is 15.9 Å². The van der Waals surface area contributed by atoms with Crippen molar-refractivity contribution in [1.82, 2.24) is 5.32 Å². The van der Waals surface area contributed by atoms with Gasteiger partial charge in [0.1, 0.15) is 0 Å². The molecule has 0 saturated carbocycles.